The minimum absolute atomic E-state index is 0.0342. The molecule has 0 fully saturated rings. The highest BCUT2D eigenvalue weighted by atomic mass is 16.1. The van der Waals surface area contributed by atoms with Gasteiger partial charge in [-0.3, -0.25) is 9.48 Å². The standard InChI is InChI=1S/C18H26N4O/c1-13-16(14(2)22(5)20-13)11-18(23)19-12-17(21(3)4)15-9-7-6-8-10-15/h6-10,17H,11-12H2,1-5H3,(H,19,23). The van der Waals surface area contributed by atoms with Crippen LogP contribution < -0.4 is 5.32 Å². The molecule has 1 aromatic carbocycles. The number of hydrogen-bond donors (Lipinski definition) is 1. The molecule has 1 atom stereocenters. The van der Waals surface area contributed by atoms with Crippen LogP contribution in [0.4, 0.5) is 0 Å². The Morgan fingerprint density at radius 3 is 2.43 bits per heavy atom. The van der Waals surface area contributed by atoms with Crippen LogP contribution in [0, 0.1) is 13.8 Å². The SMILES string of the molecule is Cc1nn(C)c(C)c1CC(=O)NCC(c1ccccc1)N(C)C. The molecule has 0 aliphatic heterocycles. The van der Waals surface area contributed by atoms with Crippen LogP contribution in [-0.4, -0.2) is 41.2 Å². The lowest BCUT2D eigenvalue weighted by atomic mass is 10.1. The van der Waals surface area contributed by atoms with E-state index in [1.807, 2.05) is 57.9 Å². The number of carbonyl (C=O) groups excluding carboxylic acids is 1. The van der Waals surface area contributed by atoms with Gasteiger partial charge in [-0.2, -0.15) is 5.10 Å². The maximum absolute atomic E-state index is 12.3. The van der Waals surface area contributed by atoms with Crippen LogP contribution in [0.2, 0.25) is 0 Å². The second-order valence-electron chi connectivity index (χ2n) is 6.14. The summed E-state index contributed by atoms with van der Waals surface area (Å²) in [6.07, 6.45) is 0.375. The van der Waals surface area contributed by atoms with E-state index in [2.05, 4.69) is 27.4 Å². The Kier molecular flexibility index (Phi) is 5.55. The number of hydrogen-bond acceptors (Lipinski definition) is 3. The van der Waals surface area contributed by atoms with Crippen molar-refractivity contribution in [3.63, 3.8) is 0 Å². The molecule has 23 heavy (non-hydrogen) atoms. The molecule has 5 nitrogen and oxygen atoms in total. The first kappa shape index (κ1) is 17.2. The summed E-state index contributed by atoms with van der Waals surface area (Å²) in [7, 11) is 5.96. The Bertz CT molecular complexity index is 661. The molecule has 1 heterocycles. The van der Waals surface area contributed by atoms with E-state index in [0.717, 1.165) is 17.0 Å². The van der Waals surface area contributed by atoms with Crippen LogP contribution in [0.15, 0.2) is 30.3 Å². The third kappa shape index (κ3) is 4.20. The zero-order valence-corrected chi connectivity index (χ0v) is 14.6. The molecule has 0 aliphatic rings. The van der Waals surface area contributed by atoms with Crippen molar-refractivity contribution < 1.29 is 4.79 Å². The highest BCUT2D eigenvalue weighted by Crippen LogP contribution is 2.17. The molecule has 1 N–H and O–H groups in total. The molecule has 124 valence electrons. The van der Waals surface area contributed by atoms with E-state index in [1.165, 1.54) is 5.56 Å². The van der Waals surface area contributed by atoms with E-state index in [4.69, 9.17) is 0 Å². The fourth-order valence-electron chi connectivity index (χ4n) is 2.78. The Morgan fingerprint density at radius 2 is 1.91 bits per heavy atom. The van der Waals surface area contributed by atoms with Crippen LogP contribution in [0.25, 0.3) is 0 Å². The molecule has 0 saturated heterocycles. The second kappa shape index (κ2) is 7.42. The Balaban J connectivity index is 2.00. The summed E-state index contributed by atoms with van der Waals surface area (Å²) in [5.41, 5.74) is 4.19. The summed E-state index contributed by atoms with van der Waals surface area (Å²) in [6, 6.07) is 10.4. The van der Waals surface area contributed by atoms with Gasteiger partial charge in [-0.1, -0.05) is 30.3 Å². The number of likely N-dealkylation sites (N-methyl/N-ethyl adjacent to an activating group) is 1. The zero-order chi connectivity index (χ0) is 17.0. The first-order chi connectivity index (χ1) is 10.9. The van der Waals surface area contributed by atoms with Crippen molar-refractivity contribution in [2.24, 2.45) is 7.05 Å². The summed E-state index contributed by atoms with van der Waals surface area (Å²) in [5.74, 6) is 0.0342. The number of rotatable bonds is 6. The number of amides is 1. The van der Waals surface area contributed by atoms with Gasteiger partial charge in [0.15, 0.2) is 0 Å². The van der Waals surface area contributed by atoms with Crippen LogP contribution in [0.5, 0.6) is 0 Å². The van der Waals surface area contributed by atoms with Gasteiger partial charge in [0.2, 0.25) is 5.91 Å². The van der Waals surface area contributed by atoms with E-state index in [0.29, 0.717) is 13.0 Å². The Hall–Kier alpha value is -2.14. The molecular weight excluding hydrogens is 288 g/mol. The molecule has 1 aromatic heterocycles. The lowest BCUT2D eigenvalue weighted by Crippen LogP contribution is -2.35. The first-order valence-corrected chi connectivity index (χ1v) is 7.87. The number of benzene rings is 1. The topological polar surface area (TPSA) is 50.2 Å². The molecule has 1 unspecified atom stereocenters. The molecule has 5 heteroatoms. The molecule has 2 aromatic rings. The molecule has 0 radical (unpaired) electrons. The molecule has 0 bridgehead atoms. The fourth-order valence-corrected chi connectivity index (χ4v) is 2.78. The van der Waals surface area contributed by atoms with Crippen LogP contribution >= 0.6 is 0 Å². The summed E-state index contributed by atoms with van der Waals surface area (Å²) >= 11 is 0. The average Bonchev–Trinajstić information content (AvgIpc) is 2.74. The lowest BCUT2D eigenvalue weighted by molar-refractivity contribution is -0.120. The van der Waals surface area contributed by atoms with Crippen LogP contribution in [0.3, 0.4) is 0 Å². The van der Waals surface area contributed by atoms with Crippen molar-refractivity contribution in [2.45, 2.75) is 26.3 Å². The van der Waals surface area contributed by atoms with Crippen LogP contribution in [-0.2, 0) is 18.3 Å². The number of nitrogens with zero attached hydrogens (tertiary/aromatic N) is 3. The average molecular weight is 314 g/mol. The van der Waals surface area contributed by atoms with Crippen LogP contribution in [0.1, 0.15) is 28.6 Å². The van der Waals surface area contributed by atoms with Gasteiger partial charge in [-0.25, -0.2) is 0 Å². The van der Waals surface area contributed by atoms with Gasteiger partial charge in [-0.15, -0.1) is 0 Å². The smallest absolute Gasteiger partial charge is 0.224 e. The van der Waals surface area contributed by atoms with Gasteiger partial charge in [-0.05, 0) is 33.5 Å². The normalized spacial score (nSPS) is 12.4. The molecular formula is C18H26N4O. The summed E-state index contributed by atoms with van der Waals surface area (Å²) in [6.45, 7) is 4.53. The van der Waals surface area contributed by atoms with Gasteiger partial charge in [0.25, 0.3) is 0 Å². The van der Waals surface area contributed by atoms with Gasteiger partial charge >= 0.3 is 0 Å². The number of nitrogens with one attached hydrogen (secondary N) is 1. The largest absolute Gasteiger partial charge is 0.354 e. The fraction of sp³-hybridized carbons (Fsp3) is 0.444. The highest BCUT2D eigenvalue weighted by Gasteiger charge is 2.17. The predicted octanol–water partition coefficient (Wildman–Crippen LogP) is 2.00. The second-order valence-corrected chi connectivity index (χ2v) is 6.14. The molecule has 1 amide bonds. The van der Waals surface area contributed by atoms with Crippen molar-refractivity contribution in [2.75, 3.05) is 20.6 Å². The van der Waals surface area contributed by atoms with E-state index >= 15 is 0 Å². The zero-order valence-electron chi connectivity index (χ0n) is 14.6. The van der Waals surface area contributed by atoms with E-state index < -0.39 is 0 Å². The maximum Gasteiger partial charge on any atom is 0.224 e. The van der Waals surface area contributed by atoms with Crippen molar-refractivity contribution >= 4 is 5.91 Å². The predicted molar refractivity (Wildman–Crippen MR) is 92.3 cm³/mol. The lowest BCUT2D eigenvalue weighted by Gasteiger charge is -2.25. The van der Waals surface area contributed by atoms with Gasteiger partial charge in [0.05, 0.1) is 18.2 Å². The highest BCUT2D eigenvalue weighted by molar-refractivity contribution is 5.79. The Morgan fingerprint density at radius 1 is 1.26 bits per heavy atom. The third-order valence-corrected chi connectivity index (χ3v) is 4.30. The minimum Gasteiger partial charge on any atom is -0.354 e. The quantitative estimate of drug-likeness (QED) is 0.887. The number of aromatic nitrogens is 2. The number of aryl methyl sites for hydroxylation is 2. The van der Waals surface area contributed by atoms with E-state index in [9.17, 15) is 4.79 Å². The first-order valence-electron chi connectivity index (χ1n) is 7.87. The monoisotopic (exact) mass is 314 g/mol. The van der Waals surface area contributed by atoms with Gasteiger partial charge in [0.1, 0.15) is 0 Å². The van der Waals surface area contributed by atoms with E-state index in [-0.39, 0.29) is 11.9 Å². The van der Waals surface area contributed by atoms with Crippen molar-refractivity contribution in [3.8, 4) is 0 Å². The molecule has 0 saturated carbocycles. The molecule has 0 spiro atoms. The Labute approximate surface area is 138 Å². The third-order valence-electron chi connectivity index (χ3n) is 4.30. The summed E-state index contributed by atoms with van der Waals surface area (Å²) in [5, 5.41) is 7.42. The molecule has 0 aliphatic carbocycles. The van der Waals surface area contributed by atoms with Gasteiger partial charge < -0.3 is 10.2 Å². The summed E-state index contributed by atoms with van der Waals surface area (Å²) in [4.78, 5) is 14.4. The molecule has 2 rings (SSSR count). The van der Waals surface area contributed by atoms with Gasteiger partial charge in [0, 0.05) is 24.8 Å². The maximum atomic E-state index is 12.3. The van der Waals surface area contributed by atoms with E-state index in [1.54, 1.807) is 0 Å². The van der Waals surface area contributed by atoms with Crippen molar-refractivity contribution in [1.82, 2.24) is 20.0 Å². The number of carbonyl (C=O) groups is 1. The van der Waals surface area contributed by atoms with Crippen molar-refractivity contribution in [1.29, 1.82) is 0 Å². The summed E-state index contributed by atoms with van der Waals surface area (Å²) < 4.78 is 1.82. The van der Waals surface area contributed by atoms with Crippen molar-refractivity contribution in [3.05, 3.63) is 52.8 Å². The minimum atomic E-state index is 0.0342.